The summed E-state index contributed by atoms with van der Waals surface area (Å²) in [6.07, 6.45) is 0. The first-order valence-corrected chi connectivity index (χ1v) is 8.48. The molecule has 0 aliphatic heterocycles. The predicted molar refractivity (Wildman–Crippen MR) is 96.9 cm³/mol. The quantitative estimate of drug-likeness (QED) is 0.490. The normalized spacial score (nSPS) is 11.4. The number of anilines is 1. The van der Waals surface area contributed by atoms with Crippen molar-refractivity contribution in [2.75, 3.05) is 18.0 Å². The number of fused-ring (bicyclic) bond motifs is 1. The van der Waals surface area contributed by atoms with E-state index in [2.05, 4.69) is 57.8 Å². The van der Waals surface area contributed by atoms with E-state index >= 15 is 0 Å². The molecule has 1 heterocycles. The minimum absolute atomic E-state index is 0.759. The van der Waals surface area contributed by atoms with Crippen LogP contribution in [0.2, 0.25) is 0 Å². The number of thiazole rings is 1. The van der Waals surface area contributed by atoms with Gasteiger partial charge in [0.25, 0.3) is 0 Å². The molecule has 4 nitrogen and oxygen atoms in total. The number of benzene rings is 2. The van der Waals surface area contributed by atoms with Crippen LogP contribution in [0.1, 0.15) is 6.92 Å². The number of hydrogen-bond acceptors (Lipinski definition) is 4. The van der Waals surface area contributed by atoms with Gasteiger partial charge in [-0.05, 0) is 66.7 Å². The van der Waals surface area contributed by atoms with Gasteiger partial charge in [0.2, 0.25) is 0 Å². The molecular formula is C18H20N4S+. The second-order valence-corrected chi connectivity index (χ2v) is 6.22. The van der Waals surface area contributed by atoms with Crippen molar-refractivity contribution in [2.45, 2.75) is 6.92 Å². The van der Waals surface area contributed by atoms with Gasteiger partial charge in [-0.25, -0.2) is 4.57 Å². The fourth-order valence-corrected chi connectivity index (χ4v) is 3.45. The highest BCUT2D eigenvalue weighted by Gasteiger charge is 2.15. The van der Waals surface area contributed by atoms with E-state index in [1.807, 2.05) is 31.3 Å². The molecule has 3 rings (SSSR count). The van der Waals surface area contributed by atoms with Gasteiger partial charge in [-0.1, -0.05) is 12.1 Å². The van der Waals surface area contributed by atoms with Crippen molar-refractivity contribution in [3.8, 4) is 0 Å². The molecule has 0 saturated heterocycles. The summed E-state index contributed by atoms with van der Waals surface area (Å²) in [4.78, 5) is 2.20. The molecule has 0 amide bonds. The number of aromatic nitrogens is 1. The van der Waals surface area contributed by atoms with Gasteiger partial charge in [-0.3, -0.25) is 0 Å². The van der Waals surface area contributed by atoms with Crippen LogP contribution in [0.25, 0.3) is 10.2 Å². The summed E-state index contributed by atoms with van der Waals surface area (Å²) < 4.78 is 3.28. The van der Waals surface area contributed by atoms with E-state index in [4.69, 9.17) is 0 Å². The van der Waals surface area contributed by atoms with Crippen LogP contribution in [0.4, 0.5) is 16.5 Å². The molecule has 2 aromatic carbocycles. The lowest BCUT2D eigenvalue weighted by Crippen LogP contribution is -2.25. The molecule has 5 heteroatoms. The summed E-state index contributed by atoms with van der Waals surface area (Å²) in [6.45, 7) is 7.78. The van der Waals surface area contributed by atoms with Crippen LogP contribution in [0.5, 0.6) is 0 Å². The van der Waals surface area contributed by atoms with Crippen molar-refractivity contribution in [1.82, 2.24) is 0 Å². The Morgan fingerprint density at radius 2 is 1.83 bits per heavy atom. The molecule has 0 aliphatic rings. The van der Waals surface area contributed by atoms with Crippen molar-refractivity contribution in [2.24, 2.45) is 17.3 Å². The van der Waals surface area contributed by atoms with Gasteiger partial charge in [0, 0.05) is 18.8 Å². The van der Waals surface area contributed by atoms with Crippen LogP contribution in [0.3, 0.4) is 0 Å². The zero-order valence-corrected chi connectivity index (χ0v) is 14.3. The Morgan fingerprint density at radius 3 is 2.48 bits per heavy atom. The highest BCUT2D eigenvalue weighted by Crippen LogP contribution is 2.27. The molecule has 23 heavy (non-hydrogen) atoms. The predicted octanol–water partition coefficient (Wildman–Crippen LogP) is 4.80. The van der Waals surface area contributed by atoms with Crippen LogP contribution in [-0.4, -0.2) is 13.1 Å². The summed E-state index contributed by atoms with van der Waals surface area (Å²) >= 11 is 1.64. The summed E-state index contributed by atoms with van der Waals surface area (Å²) in [5.41, 5.74) is 3.19. The average molecular weight is 324 g/mol. The summed E-state index contributed by atoms with van der Waals surface area (Å²) in [7, 11) is 2.02. The lowest BCUT2D eigenvalue weighted by atomic mass is 10.2. The van der Waals surface area contributed by atoms with Crippen LogP contribution >= 0.6 is 11.3 Å². The SMILES string of the molecule is [CH2]CN(CC)c1ccc(/N=N/c2sc3ccccc3[n+]2C)cc1. The van der Waals surface area contributed by atoms with E-state index in [9.17, 15) is 0 Å². The topological polar surface area (TPSA) is 31.8 Å². The van der Waals surface area contributed by atoms with E-state index in [0.29, 0.717) is 0 Å². The Bertz CT molecular complexity index is 817. The van der Waals surface area contributed by atoms with Gasteiger partial charge in [-0.15, -0.1) is 0 Å². The molecule has 0 aliphatic carbocycles. The largest absolute Gasteiger partial charge is 0.409 e. The molecule has 117 valence electrons. The second kappa shape index (κ2) is 6.87. The molecule has 0 bridgehead atoms. The van der Waals surface area contributed by atoms with Gasteiger partial charge >= 0.3 is 5.13 Å². The zero-order chi connectivity index (χ0) is 16.2. The Kier molecular flexibility index (Phi) is 4.67. The van der Waals surface area contributed by atoms with Gasteiger partial charge in [-0.2, -0.15) is 0 Å². The monoisotopic (exact) mass is 324 g/mol. The van der Waals surface area contributed by atoms with Crippen molar-refractivity contribution < 1.29 is 4.57 Å². The number of rotatable bonds is 5. The second-order valence-electron chi connectivity index (χ2n) is 5.21. The van der Waals surface area contributed by atoms with Gasteiger partial charge in [0.05, 0.1) is 16.9 Å². The summed E-state index contributed by atoms with van der Waals surface area (Å²) in [5.74, 6) is 0. The third-order valence-electron chi connectivity index (χ3n) is 3.83. The highest BCUT2D eigenvalue weighted by atomic mass is 32.1. The van der Waals surface area contributed by atoms with Crippen LogP contribution in [0.15, 0.2) is 58.8 Å². The van der Waals surface area contributed by atoms with E-state index in [0.717, 1.165) is 29.6 Å². The lowest BCUT2D eigenvalue weighted by molar-refractivity contribution is -0.627. The molecule has 3 aromatic rings. The van der Waals surface area contributed by atoms with Crippen molar-refractivity contribution in [3.63, 3.8) is 0 Å². The van der Waals surface area contributed by atoms with E-state index < -0.39 is 0 Å². The highest BCUT2D eigenvalue weighted by molar-refractivity contribution is 7.21. The Balaban J connectivity index is 1.83. The Labute approximate surface area is 140 Å². The van der Waals surface area contributed by atoms with Crippen molar-refractivity contribution in [3.05, 3.63) is 55.5 Å². The van der Waals surface area contributed by atoms with Gasteiger partial charge in [0.15, 0.2) is 0 Å². The number of para-hydroxylation sites is 1. The maximum absolute atomic E-state index is 4.41. The molecule has 0 spiro atoms. The number of azo groups is 1. The van der Waals surface area contributed by atoms with E-state index in [1.54, 1.807) is 11.3 Å². The fourth-order valence-electron chi connectivity index (χ4n) is 2.48. The standard InChI is InChI=1S/C18H20N4S/c1-4-22(5-2)15-12-10-14(11-13-15)19-20-18-21(3)16-8-6-7-9-17(16)23-18/h6-13H,1,4-5H2,2-3H3/q+1. The third-order valence-corrected chi connectivity index (χ3v) is 4.94. The Morgan fingerprint density at radius 1 is 1.09 bits per heavy atom. The molecule has 0 atom stereocenters. The van der Waals surface area contributed by atoms with Crippen LogP contribution in [-0.2, 0) is 7.05 Å². The molecule has 1 aromatic heterocycles. The fraction of sp³-hybridized carbons (Fsp3) is 0.222. The van der Waals surface area contributed by atoms with Crippen molar-refractivity contribution in [1.29, 1.82) is 0 Å². The van der Waals surface area contributed by atoms with Crippen LogP contribution < -0.4 is 9.47 Å². The lowest BCUT2D eigenvalue weighted by Gasteiger charge is -2.20. The summed E-state index contributed by atoms with van der Waals surface area (Å²) in [5, 5.41) is 9.67. The maximum Gasteiger partial charge on any atom is 0.409 e. The van der Waals surface area contributed by atoms with Crippen LogP contribution in [0, 0.1) is 6.92 Å². The summed E-state index contributed by atoms with van der Waals surface area (Å²) in [6, 6.07) is 16.4. The molecule has 1 radical (unpaired) electrons. The minimum atomic E-state index is 0.759. The molecule has 0 unspecified atom stereocenters. The maximum atomic E-state index is 4.41. The van der Waals surface area contributed by atoms with Gasteiger partial charge in [0.1, 0.15) is 11.2 Å². The molecule has 0 N–H and O–H groups in total. The average Bonchev–Trinajstić information content (AvgIpc) is 2.92. The van der Waals surface area contributed by atoms with Crippen molar-refractivity contribution >= 4 is 38.1 Å². The molecule has 0 fully saturated rings. The zero-order valence-electron chi connectivity index (χ0n) is 13.4. The minimum Gasteiger partial charge on any atom is -0.372 e. The smallest absolute Gasteiger partial charge is 0.372 e. The van der Waals surface area contributed by atoms with E-state index in [-0.39, 0.29) is 0 Å². The Hall–Kier alpha value is -2.27. The number of hydrogen-bond donors (Lipinski definition) is 0. The first-order chi connectivity index (χ1) is 11.2. The van der Waals surface area contributed by atoms with Gasteiger partial charge < -0.3 is 4.90 Å². The molecule has 0 saturated carbocycles. The van der Waals surface area contributed by atoms with E-state index in [1.165, 1.54) is 10.2 Å². The number of nitrogens with zero attached hydrogens (tertiary/aromatic N) is 4. The molecular weight excluding hydrogens is 304 g/mol. The first-order valence-electron chi connectivity index (χ1n) is 7.66. The first kappa shape index (κ1) is 15.6. The number of aryl methyl sites for hydroxylation is 1. The third kappa shape index (κ3) is 3.24.